The average molecular weight is 386 g/mol. The van der Waals surface area contributed by atoms with E-state index in [0.717, 1.165) is 94.2 Å². The predicted molar refractivity (Wildman–Crippen MR) is 107 cm³/mol. The zero-order chi connectivity index (χ0) is 19.5. The molecule has 0 bridgehead atoms. The molecule has 2 fully saturated rings. The van der Waals surface area contributed by atoms with Crippen LogP contribution in [0, 0.1) is 6.92 Å². The summed E-state index contributed by atoms with van der Waals surface area (Å²) in [5.74, 6) is 4.63. The zero-order valence-corrected chi connectivity index (χ0v) is 17.3. The number of nitrogens with zero attached hydrogens (tertiary/aromatic N) is 7. The monoisotopic (exact) mass is 385 g/mol. The molecule has 8 nitrogen and oxygen atoms in total. The fourth-order valence-corrected chi connectivity index (χ4v) is 4.13. The third-order valence-electron chi connectivity index (χ3n) is 5.85. The second-order valence-corrected chi connectivity index (χ2v) is 7.82. The van der Waals surface area contributed by atoms with Crippen LogP contribution in [-0.2, 0) is 24.8 Å². The highest BCUT2D eigenvalue weighted by atomic mass is 16.5. The van der Waals surface area contributed by atoms with E-state index in [1.54, 1.807) is 0 Å². The van der Waals surface area contributed by atoms with E-state index in [0.29, 0.717) is 5.92 Å². The molecule has 0 amide bonds. The summed E-state index contributed by atoms with van der Waals surface area (Å²) in [4.78, 5) is 14.0. The van der Waals surface area contributed by atoms with Crippen LogP contribution < -0.4 is 4.90 Å². The van der Waals surface area contributed by atoms with E-state index >= 15 is 0 Å². The lowest BCUT2D eigenvalue weighted by Gasteiger charge is -2.32. The highest BCUT2D eigenvalue weighted by molar-refractivity contribution is 5.40. The third-order valence-corrected chi connectivity index (χ3v) is 5.85. The Kier molecular flexibility index (Phi) is 5.87. The van der Waals surface area contributed by atoms with Crippen molar-refractivity contribution in [2.45, 2.75) is 45.6 Å². The molecule has 0 aromatic carbocycles. The molecule has 28 heavy (non-hydrogen) atoms. The number of anilines is 1. The van der Waals surface area contributed by atoms with Crippen molar-refractivity contribution in [3.05, 3.63) is 29.2 Å². The van der Waals surface area contributed by atoms with Crippen molar-refractivity contribution in [3.63, 3.8) is 0 Å². The number of morpholine rings is 1. The summed E-state index contributed by atoms with van der Waals surface area (Å²) in [7, 11) is 2.11. The highest BCUT2D eigenvalue weighted by Crippen LogP contribution is 2.29. The molecule has 152 valence electrons. The number of rotatable bonds is 5. The summed E-state index contributed by atoms with van der Waals surface area (Å²) in [5.41, 5.74) is 1.05. The largest absolute Gasteiger partial charge is 0.379 e. The molecule has 4 heterocycles. The van der Waals surface area contributed by atoms with Crippen LogP contribution in [0.15, 0.2) is 6.07 Å². The van der Waals surface area contributed by atoms with Gasteiger partial charge in [0, 0.05) is 57.3 Å². The van der Waals surface area contributed by atoms with E-state index in [-0.39, 0.29) is 0 Å². The standard InChI is InChI=1S/C20H31N7O/c1-4-17-21-15(2)13-18(22-17)27-7-5-16(6-8-27)20-24-23-19(25(20)3)14-26-9-11-28-12-10-26/h13,16H,4-12,14H2,1-3H3. The second-order valence-electron chi connectivity index (χ2n) is 7.82. The minimum absolute atomic E-state index is 0.459. The first-order valence-electron chi connectivity index (χ1n) is 10.4. The molecule has 0 aliphatic carbocycles. The fourth-order valence-electron chi connectivity index (χ4n) is 4.13. The van der Waals surface area contributed by atoms with E-state index in [4.69, 9.17) is 9.72 Å². The second kappa shape index (κ2) is 8.53. The lowest BCUT2D eigenvalue weighted by atomic mass is 9.96. The normalized spacial score (nSPS) is 19.3. The minimum atomic E-state index is 0.459. The number of aromatic nitrogens is 5. The SMILES string of the molecule is CCc1nc(C)cc(N2CCC(c3nnc(CN4CCOCC4)n3C)CC2)n1. The first kappa shape index (κ1) is 19.3. The molecule has 0 unspecified atom stereocenters. The summed E-state index contributed by atoms with van der Waals surface area (Å²) < 4.78 is 7.65. The minimum Gasteiger partial charge on any atom is -0.379 e. The Hall–Kier alpha value is -2.06. The molecule has 0 atom stereocenters. The van der Waals surface area contributed by atoms with Gasteiger partial charge < -0.3 is 14.2 Å². The Bertz CT molecular complexity index is 792. The van der Waals surface area contributed by atoms with Crippen molar-refractivity contribution in [2.75, 3.05) is 44.3 Å². The maximum Gasteiger partial charge on any atom is 0.146 e. The Morgan fingerprint density at radius 1 is 1.07 bits per heavy atom. The molecule has 2 aliphatic rings. The summed E-state index contributed by atoms with van der Waals surface area (Å²) in [6, 6.07) is 2.10. The topological polar surface area (TPSA) is 72.2 Å². The summed E-state index contributed by atoms with van der Waals surface area (Å²) in [5, 5.41) is 9.05. The van der Waals surface area contributed by atoms with Crippen molar-refractivity contribution in [2.24, 2.45) is 7.05 Å². The van der Waals surface area contributed by atoms with Crippen molar-refractivity contribution >= 4 is 5.82 Å². The molecule has 2 aromatic heterocycles. The van der Waals surface area contributed by atoms with Gasteiger partial charge in [-0.2, -0.15) is 0 Å². The molecule has 2 saturated heterocycles. The lowest BCUT2D eigenvalue weighted by Crippen LogP contribution is -2.36. The Balaban J connectivity index is 1.39. The van der Waals surface area contributed by atoms with Crippen molar-refractivity contribution < 1.29 is 4.74 Å². The molecular weight excluding hydrogens is 354 g/mol. The highest BCUT2D eigenvalue weighted by Gasteiger charge is 2.26. The maximum absolute atomic E-state index is 5.44. The first-order chi connectivity index (χ1) is 13.6. The zero-order valence-electron chi connectivity index (χ0n) is 17.3. The predicted octanol–water partition coefficient (Wildman–Crippen LogP) is 1.69. The molecule has 2 aromatic rings. The molecule has 4 rings (SSSR count). The van der Waals surface area contributed by atoms with Crippen LogP contribution in [0.1, 0.15) is 48.9 Å². The van der Waals surface area contributed by atoms with Gasteiger partial charge in [0.25, 0.3) is 0 Å². The van der Waals surface area contributed by atoms with Crippen LogP contribution in [-0.4, -0.2) is 69.0 Å². The maximum atomic E-state index is 5.44. The molecular formula is C20H31N7O. The molecule has 8 heteroatoms. The van der Waals surface area contributed by atoms with E-state index < -0.39 is 0 Å². The van der Waals surface area contributed by atoms with E-state index in [1.807, 2.05) is 6.92 Å². The average Bonchev–Trinajstić information content (AvgIpc) is 3.08. The van der Waals surface area contributed by atoms with Gasteiger partial charge in [0.1, 0.15) is 23.3 Å². The van der Waals surface area contributed by atoms with Crippen LogP contribution >= 0.6 is 0 Å². The number of ether oxygens (including phenoxy) is 1. The summed E-state index contributed by atoms with van der Waals surface area (Å²) in [6.07, 6.45) is 3.03. The third kappa shape index (κ3) is 4.17. The van der Waals surface area contributed by atoms with E-state index in [9.17, 15) is 0 Å². The van der Waals surface area contributed by atoms with E-state index in [2.05, 4.69) is 49.6 Å². The molecule has 0 radical (unpaired) electrons. The van der Waals surface area contributed by atoms with Crippen LogP contribution in [0.3, 0.4) is 0 Å². The Morgan fingerprint density at radius 2 is 1.82 bits per heavy atom. The van der Waals surface area contributed by atoms with Crippen LogP contribution in [0.25, 0.3) is 0 Å². The lowest BCUT2D eigenvalue weighted by molar-refractivity contribution is 0.0326. The van der Waals surface area contributed by atoms with Gasteiger partial charge in [0.15, 0.2) is 0 Å². The molecule has 0 spiro atoms. The van der Waals surface area contributed by atoms with Gasteiger partial charge in [0.05, 0.1) is 19.8 Å². The number of aryl methyl sites for hydroxylation is 2. The molecule has 2 aliphatic heterocycles. The van der Waals surface area contributed by atoms with Gasteiger partial charge in [-0.3, -0.25) is 4.90 Å². The van der Waals surface area contributed by atoms with Crippen molar-refractivity contribution in [3.8, 4) is 0 Å². The van der Waals surface area contributed by atoms with Crippen LogP contribution in [0.5, 0.6) is 0 Å². The molecule has 0 saturated carbocycles. The summed E-state index contributed by atoms with van der Waals surface area (Å²) >= 11 is 0. The van der Waals surface area contributed by atoms with Gasteiger partial charge in [-0.05, 0) is 19.8 Å². The van der Waals surface area contributed by atoms with Gasteiger partial charge >= 0.3 is 0 Å². The Morgan fingerprint density at radius 3 is 2.54 bits per heavy atom. The van der Waals surface area contributed by atoms with Gasteiger partial charge in [-0.25, -0.2) is 9.97 Å². The van der Waals surface area contributed by atoms with Crippen molar-refractivity contribution in [1.29, 1.82) is 0 Å². The smallest absolute Gasteiger partial charge is 0.146 e. The van der Waals surface area contributed by atoms with Gasteiger partial charge in [-0.15, -0.1) is 10.2 Å². The number of hydrogen-bond donors (Lipinski definition) is 0. The molecule has 0 N–H and O–H groups in total. The quantitative estimate of drug-likeness (QED) is 0.775. The van der Waals surface area contributed by atoms with Crippen molar-refractivity contribution in [1.82, 2.24) is 29.6 Å². The van der Waals surface area contributed by atoms with E-state index in [1.165, 1.54) is 0 Å². The number of piperidine rings is 1. The summed E-state index contributed by atoms with van der Waals surface area (Å²) in [6.45, 7) is 10.6. The Labute approximate surface area is 166 Å². The van der Waals surface area contributed by atoms with Gasteiger partial charge in [0.2, 0.25) is 0 Å². The van der Waals surface area contributed by atoms with Gasteiger partial charge in [-0.1, -0.05) is 6.92 Å². The van der Waals surface area contributed by atoms with Crippen LogP contribution in [0.2, 0.25) is 0 Å². The first-order valence-corrected chi connectivity index (χ1v) is 10.4. The number of hydrogen-bond acceptors (Lipinski definition) is 7. The fraction of sp³-hybridized carbons (Fsp3) is 0.700. The van der Waals surface area contributed by atoms with Crippen LogP contribution in [0.4, 0.5) is 5.82 Å².